The van der Waals surface area contributed by atoms with E-state index in [4.69, 9.17) is 11.5 Å². The third-order valence-electron chi connectivity index (χ3n) is 5.42. The van der Waals surface area contributed by atoms with E-state index in [-0.39, 0.29) is 5.91 Å². The molecule has 2 saturated carbocycles. The summed E-state index contributed by atoms with van der Waals surface area (Å²) in [5, 5.41) is 0. The summed E-state index contributed by atoms with van der Waals surface area (Å²) in [6.45, 7) is 2.35. The number of carbonyl (C=O) groups excluding carboxylic acids is 1. The maximum atomic E-state index is 11.6. The average molecular weight is 267 g/mol. The molecule has 0 spiro atoms. The van der Waals surface area contributed by atoms with Crippen LogP contribution < -0.4 is 11.5 Å². The van der Waals surface area contributed by atoms with E-state index < -0.39 is 5.54 Å². The van der Waals surface area contributed by atoms with Crippen molar-refractivity contribution in [1.82, 2.24) is 4.90 Å². The Morgan fingerprint density at radius 3 is 2.53 bits per heavy atom. The molecule has 0 radical (unpaired) electrons. The molecule has 0 bridgehead atoms. The molecule has 4 unspecified atom stereocenters. The smallest absolute Gasteiger partial charge is 0.237 e. The third-order valence-corrected chi connectivity index (χ3v) is 5.42. The van der Waals surface area contributed by atoms with E-state index in [1.165, 1.54) is 25.7 Å². The number of nitrogens with zero attached hydrogens (tertiary/aromatic N) is 1. The van der Waals surface area contributed by atoms with Crippen molar-refractivity contribution in [2.24, 2.45) is 17.4 Å². The predicted octanol–water partition coefficient (Wildman–Crippen LogP) is 1.62. The van der Waals surface area contributed by atoms with Crippen LogP contribution in [-0.2, 0) is 4.79 Å². The van der Waals surface area contributed by atoms with E-state index in [0.29, 0.717) is 12.1 Å². The molecule has 19 heavy (non-hydrogen) atoms. The lowest BCUT2D eigenvalue weighted by Crippen LogP contribution is -2.59. The number of primary amides is 1. The van der Waals surface area contributed by atoms with Gasteiger partial charge in [0.1, 0.15) is 0 Å². The highest BCUT2D eigenvalue weighted by Crippen LogP contribution is 2.34. The first-order valence-corrected chi connectivity index (χ1v) is 7.75. The van der Waals surface area contributed by atoms with Crippen LogP contribution in [0.25, 0.3) is 0 Å². The molecule has 0 aromatic heterocycles. The zero-order chi connectivity index (χ0) is 14.0. The van der Waals surface area contributed by atoms with Gasteiger partial charge in [-0.15, -0.1) is 0 Å². The lowest BCUT2D eigenvalue weighted by molar-refractivity contribution is -0.125. The summed E-state index contributed by atoms with van der Waals surface area (Å²) in [6.07, 6.45) is 8.91. The summed E-state index contributed by atoms with van der Waals surface area (Å²) in [5.74, 6) is 0.420. The monoisotopic (exact) mass is 267 g/mol. The Morgan fingerprint density at radius 2 is 1.89 bits per heavy atom. The van der Waals surface area contributed by atoms with Crippen molar-refractivity contribution in [3.8, 4) is 0 Å². The maximum Gasteiger partial charge on any atom is 0.237 e. The SMILES string of the molecule is CC1CCCCC1N(C)C1CCCC(N)(C(N)=O)C1. The van der Waals surface area contributed by atoms with Gasteiger partial charge in [-0.1, -0.05) is 19.8 Å². The standard InChI is InChI=1S/C15H29N3O/c1-11-6-3-4-8-13(11)18(2)12-7-5-9-15(17,10-12)14(16)19/h11-13H,3-10,17H2,1-2H3,(H2,16,19). The predicted molar refractivity (Wildman–Crippen MR) is 77.6 cm³/mol. The van der Waals surface area contributed by atoms with Crippen LogP contribution in [0.5, 0.6) is 0 Å². The molecule has 2 rings (SSSR count). The van der Waals surface area contributed by atoms with Crippen LogP contribution in [0.15, 0.2) is 0 Å². The summed E-state index contributed by atoms with van der Waals surface area (Å²) in [4.78, 5) is 14.1. The minimum Gasteiger partial charge on any atom is -0.368 e. The molecule has 0 aromatic carbocycles. The van der Waals surface area contributed by atoms with Crippen molar-refractivity contribution >= 4 is 5.91 Å². The van der Waals surface area contributed by atoms with Crippen LogP contribution in [0.2, 0.25) is 0 Å². The maximum absolute atomic E-state index is 11.6. The fourth-order valence-corrected chi connectivity index (χ4v) is 4.02. The lowest BCUT2D eigenvalue weighted by atomic mass is 9.77. The molecule has 110 valence electrons. The van der Waals surface area contributed by atoms with Crippen molar-refractivity contribution in [3.63, 3.8) is 0 Å². The zero-order valence-electron chi connectivity index (χ0n) is 12.4. The number of carbonyl (C=O) groups is 1. The quantitative estimate of drug-likeness (QED) is 0.816. The van der Waals surface area contributed by atoms with Crippen LogP contribution in [0.1, 0.15) is 58.3 Å². The van der Waals surface area contributed by atoms with E-state index >= 15 is 0 Å². The molecule has 4 nitrogen and oxygen atoms in total. The molecule has 0 heterocycles. The highest BCUT2D eigenvalue weighted by Gasteiger charge is 2.41. The summed E-state index contributed by atoms with van der Waals surface area (Å²) < 4.78 is 0. The van der Waals surface area contributed by atoms with E-state index in [1.807, 2.05) is 0 Å². The molecule has 2 aliphatic carbocycles. The molecule has 4 N–H and O–H groups in total. The van der Waals surface area contributed by atoms with Gasteiger partial charge in [-0.3, -0.25) is 4.79 Å². The summed E-state index contributed by atoms with van der Waals surface area (Å²) in [5.41, 5.74) is 10.9. The molecule has 0 saturated heterocycles. The van der Waals surface area contributed by atoms with E-state index in [2.05, 4.69) is 18.9 Å². The average Bonchev–Trinajstić information content (AvgIpc) is 2.38. The molecule has 2 fully saturated rings. The third kappa shape index (κ3) is 3.11. The number of amides is 1. The van der Waals surface area contributed by atoms with Crippen LogP contribution in [-0.4, -0.2) is 35.5 Å². The number of hydrogen-bond acceptors (Lipinski definition) is 3. The zero-order valence-corrected chi connectivity index (χ0v) is 12.4. The number of hydrogen-bond donors (Lipinski definition) is 2. The van der Waals surface area contributed by atoms with Gasteiger partial charge in [0.05, 0.1) is 5.54 Å². The highest BCUT2D eigenvalue weighted by molar-refractivity contribution is 5.84. The Balaban J connectivity index is 2.02. The molecular weight excluding hydrogens is 238 g/mol. The van der Waals surface area contributed by atoms with Crippen LogP contribution in [0, 0.1) is 5.92 Å². The fraction of sp³-hybridized carbons (Fsp3) is 0.933. The first-order valence-electron chi connectivity index (χ1n) is 7.75. The van der Waals surface area contributed by atoms with Gasteiger partial charge >= 0.3 is 0 Å². The van der Waals surface area contributed by atoms with Gasteiger partial charge in [0.15, 0.2) is 0 Å². The van der Waals surface area contributed by atoms with Crippen molar-refractivity contribution in [1.29, 1.82) is 0 Å². The minimum absolute atomic E-state index is 0.331. The Labute approximate surface area is 116 Å². The topological polar surface area (TPSA) is 72.3 Å². The number of nitrogens with two attached hydrogens (primary N) is 2. The summed E-state index contributed by atoms with van der Waals surface area (Å²) >= 11 is 0. The van der Waals surface area contributed by atoms with Gasteiger partial charge in [0.2, 0.25) is 5.91 Å². The fourth-order valence-electron chi connectivity index (χ4n) is 4.02. The van der Waals surface area contributed by atoms with E-state index in [9.17, 15) is 4.79 Å². The van der Waals surface area contributed by atoms with Crippen LogP contribution >= 0.6 is 0 Å². The molecule has 0 aromatic rings. The molecular formula is C15H29N3O. The van der Waals surface area contributed by atoms with Gasteiger partial charge in [0.25, 0.3) is 0 Å². The van der Waals surface area contributed by atoms with E-state index in [1.54, 1.807) is 0 Å². The summed E-state index contributed by atoms with van der Waals surface area (Å²) in [7, 11) is 2.21. The summed E-state index contributed by atoms with van der Waals surface area (Å²) in [6, 6.07) is 1.06. The second-order valence-corrected chi connectivity index (χ2v) is 6.77. The first kappa shape index (κ1) is 14.8. The molecule has 4 atom stereocenters. The Hall–Kier alpha value is -0.610. The highest BCUT2D eigenvalue weighted by atomic mass is 16.1. The Bertz CT molecular complexity index is 333. The van der Waals surface area contributed by atoms with Crippen molar-refractivity contribution in [3.05, 3.63) is 0 Å². The first-order chi connectivity index (χ1) is 8.94. The largest absolute Gasteiger partial charge is 0.368 e. The lowest BCUT2D eigenvalue weighted by Gasteiger charge is -2.45. The molecule has 4 heteroatoms. The van der Waals surface area contributed by atoms with Gasteiger partial charge in [-0.2, -0.15) is 0 Å². The van der Waals surface area contributed by atoms with Gasteiger partial charge < -0.3 is 16.4 Å². The molecule has 0 aliphatic heterocycles. The molecule has 2 aliphatic rings. The Kier molecular flexibility index (Phi) is 4.51. The van der Waals surface area contributed by atoms with Crippen LogP contribution in [0.3, 0.4) is 0 Å². The number of rotatable bonds is 3. The second kappa shape index (κ2) is 5.80. The van der Waals surface area contributed by atoms with E-state index in [0.717, 1.165) is 31.6 Å². The van der Waals surface area contributed by atoms with Crippen molar-refractivity contribution < 1.29 is 4.79 Å². The van der Waals surface area contributed by atoms with Crippen molar-refractivity contribution in [2.75, 3.05) is 7.05 Å². The second-order valence-electron chi connectivity index (χ2n) is 6.77. The van der Waals surface area contributed by atoms with Gasteiger partial charge in [-0.25, -0.2) is 0 Å². The van der Waals surface area contributed by atoms with Crippen molar-refractivity contribution in [2.45, 2.75) is 75.9 Å². The van der Waals surface area contributed by atoms with Gasteiger partial charge in [-0.05, 0) is 51.5 Å². The minimum atomic E-state index is -0.783. The molecule has 1 amide bonds. The van der Waals surface area contributed by atoms with Crippen LogP contribution in [0.4, 0.5) is 0 Å². The van der Waals surface area contributed by atoms with Gasteiger partial charge in [0, 0.05) is 12.1 Å². The normalized spacial score (nSPS) is 40.3. The Morgan fingerprint density at radius 1 is 1.21 bits per heavy atom.